The smallest absolute Gasteiger partial charge is 0.258 e. The van der Waals surface area contributed by atoms with Gasteiger partial charge in [-0.1, -0.05) is 0 Å². The van der Waals surface area contributed by atoms with Crippen LogP contribution < -0.4 is 10.1 Å². The molecule has 1 aromatic heterocycles. The lowest BCUT2D eigenvalue weighted by Gasteiger charge is -2.06. The molecular weight excluding hydrogens is 340 g/mol. The quantitative estimate of drug-likeness (QED) is 0.902. The number of carbonyl (C=O) groups is 1. The van der Waals surface area contributed by atoms with Crippen LogP contribution in [0.3, 0.4) is 0 Å². The predicted octanol–water partition coefficient (Wildman–Crippen LogP) is 4.04. The third-order valence-corrected chi connectivity index (χ3v) is 4.62. The Bertz CT molecular complexity index is 652. The van der Waals surface area contributed by atoms with E-state index in [0.29, 0.717) is 22.4 Å². The van der Waals surface area contributed by atoms with Gasteiger partial charge in [-0.3, -0.25) is 10.1 Å². The number of anilines is 1. The summed E-state index contributed by atoms with van der Waals surface area (Å²) in [7, 11) is 1.58. The summed E-state index contributed by atoms with van der Waals surface area (Å²) in [4.78, 5) is 16.7. The lowest BCUT2D eigenvalue weighted by atomic mass is 10.2. The van der Waals surface area contributed by atoms with Crippen molar-refractivity contribution >= 4 is 38.3 Å². The van der Waals surface area contributed by atoms with Gasteiger partial charge in [0, 0.05) is 15.8 Å². The maximum atomic E-state index is 12.3. The van der Waals surface area contributed by atoms with Gasteiger partial charge in [-0.25, -0.2) is 4.98 Å². The zero-order chi connectivity index (χ0) is 14.1. The molecule has 0 bridgehead atoms. The molecule has 0 saturated heterocycles. The molecule has 3 rings (SSSR count). The number of thiazole rings is 1. The van der Waals surface area contributed by atoms with Crippen LogP contribution in [0, 0.1) is 0 Å². The molecular formula is C14H13BrN2O2S. The third kappa shape index (κ3) is 2.86. The fourth-order valence-corrected chi connectivity index (χ4v) is 3.09. The molecule has 104 valence electrons. The number of hydrogen-bond acceptors (Lipinski definition) is 4. The van der Waals surface area contributed by atoms with Crippen LogP contribution in [0.1, 0.15) is 34.8 Å². The monoisotopic (exact) mass is 352 g/mol. The van der Waals surface area contributed by atoms with Gasteiger partial charge in [-0.2, -0.15) is 0 Å². The summed E-state index contributed by atoms with van der Waals surface area (Å²) in [6.45, 7) is 0. The van der Waals surface area contributed by atoms with Crippen molar-refractivity contribution in [1.82, 2.24) is 4.98 Å². The van der Waals surface area contributed by atoms with Gasteiger partial charge in [0.2, 0.25) is 0 Å². The number of benzene rings is 1. The van der Waals surface area contributed by atoms with Gasteiger partial charge in [-0.05, 0) is 47.0 Å². The van der Waals surface area contributed by atoms with Gasteiger partial charge >= 0.3 is 0 Å². The molecule has 0 radical (unpaired) electrons. The predicted molar refractivity (Wildman–Crippen MR) is 82.7 cm³/mol. The van der Waals surface area contributed by atoms with Gasteiger partial charge in [0.25, 0.3) is 5.91 Å². The van der Waals surface area contributed by atoms with Crippen molar-refractivity contribution in [3.05, 3.63) is 39.3 Å². The third-order valence-electron chi connectivity index (χ3n) is 3.16. The summed E-state index contributed by atoms with van der Waals surface area (Å²) < 4.78 is 5.87. The molecule has 1 saturated carbocycles. The molecule has 1 aliphatic rings. The van der Waals surface area contributed by atoms with Gasteiger partial charge in [-0.15, -0.1) is 11.3 Å². The Labute approximate surface area is 129 Å². The molecule has 0 unspecified atom stereocenters. The number of halogens is 1. The van der Waals surface area contributed by atoms with E-state index < -0.39 is 0 Å². The van der Waals surface area contributed by atoms with Crippen molar-refractivity contribution in [2.24, 2.45) is 0 Å². The molecule has 1 N–H and O–H groups in total. The van der Waals surface area contributed by atoms with Crippen molar-refractivity contribution in [2.75, 3.05) is 12.4 Å². The zero-order valence-electron chi connectivity index (χ0n) is 10.9. The van der Waals surface area contributed by atoms with E-state index in [0.717, 1.165) is 10.2 Å². The molecule has 6 heteroatoms. The normalized spacial score (nSPS) is 14.1. The van der Waals surface area contributed by atoms with Crippen LogP contribution in [0.25, 0.3) is 0 Å². The van der Waals surface area contributed by atoms with E-state index in [4.69, 9.17) is 4.74 Å². The number of ether oxygens (including phenoxy) is 1. The van der Waals surface area contributed by atoms with E-state index in [-0.39, 0.29) is 5.91 Å². The highest BCUT2D eigenvalue weighted by atomic mass is 79.9. The Morgan fingerprint density at radius 2 is 2.30 bits per heavy atom. The maximum Gasteiger partial charge on any atom is 0.258 e. The highest BCUT2D eigenvalue weighted by Gasteiger charge is 2.26. The first kappa shape index (κ1) is 13.6. The Morgan fingerprint density at radius 3 is 3.00 bits per heavy atom. The van der Waals surface area contributed by atoms with Gasteiger partial charge in [0.1, 0.15) is 5.75 Å². The van der Waals surface area contributed by atoms with E-state index in [1.165, 1.54) is 24.2 Å². The van der Waals surface area contributed by atoms with Crippen LogP contribution in [0.15, 0.2) is 28.1 Å². The summed E-state index contributed by atoms with van der Waals surface area (Å²) in [5.74, 6) is 1.06. The number of rotatable bonds is 4. The zero-order valence-corrected chi connectivity index (χ0v) is 13.3. The van der Waals surface area contributed by atoms with Crippen molar-refractivity contribution in [1.29, 1.82) is 0 Å². The number of hydrogen-bond donors (Lipinski definition) is 1. The van der Waals surface area contributed by atoms with Crippen molar-refractivity contribution in [3.63, 3.8) is 0 Å². The second kappa shape index (κ2) is 5.54. The molecule has 4 nitrogen and oxygen atoms in total. The first-order valence-electron chi connectivity index (χ1n) is 6.27. The summed E-state index contributed by atoms with van der Waals surface area (Å²) in [5, 5.41) is 5.50. The molecule has 2 aromatic rings. The van der Waals surface area contributed by atoms with E-state index in [9.17, 15) is 4.79 Å². The Kier molecular flexibility index (Phi) is 3.76. The number of amides is 1. The van der Waals surface area contributed by atoms with Crippen LogP contribution in [0.5, 0.6) is 5.75 Å². The van der Waals surface area contributed by atoms with Crippen molar-refractivity contribution in [3.8, 4) is 5.75 Å². The van der Waals surface area contributed by atoms with Gasteiger partial charge in [0.15, 0.2) is 5.13 Å². The van der Waals surface area contributed by atoms with E-state index in [1.54, 1.807) is 25.3 Å². The molecule has 1 amide bonds. The second-order valence-electron chi connectivity index (χ2n) is 4.65. The standard InChI is InChI=1S/C14H13BrN2O2S/c1-19-9-4-5-11(15)10(6-9)13(18)17-14-16-12(7-20-14)8-2-3-8/h4-8H,2-3H2,1H3,(H,16,17,18). The van der Waals surface area contributed by atoms with E-state index in [1.807, 2.05) is 5.38 Å². The number of nitrogens with zero attached hydrogens (tertiary/aromatic N) is 1. The van der Waals surface area contributed by atoms with E-state index in [2.05, 4.69) is 26.2 Å². The average Bonchev–Trinajstić information content (AvgIpc) is 3.20. The summed E-state index contributed by atoms with van der Waals surface area (Å²) in [6, 6.07) is 5.30. The highest BCUT2D eigenvalue weighted by molar-refractivity contribution is 9.10. The van der Waals surface area contributed by atoms with Crippen LogP contribution in [-0.2, 0) is 0 Å². The minimum Gasteiger partial charge on any atom is -0.497 e. The average molecular weight is 353 g/mol. The minimum atomic E-state index is -0.188. The summed E-state index contributed by atoms with van der Waals surface area (Å²) >= 11 is 4.85. The molecule has 1 fully saturated rings. The first-order chi connectivity index (χ1) is 9.67. The molecule has 0 aliphatic heterocycles. The number of methoxy groups -OCH3 is 1. The number of nitrogens with one attached hydrogen (secondary N) is 1. The Balaban J connectivity index is 1.77. The second-order valence-corrected chi connectivity index (χ2v) is 6.36. The fourth-order valence-electron chi connectivity index (χ4n) is 1.88. The largest absolute Gasteiger partial charge is 0.497 e. The van der Waals surface area contributed by atoms with Gasteiger partial charge < -0.3 is 4.74 Å². The first-order valence-corrected chi connectivity index (χ1v) is 7.95. The van der Waals surface area contributed by atoms with E-state index >= 15 is 0 Å². The Hall–Kier alpha value is -1.40. The SMILES string of the molecule is COc1ccc(Br)c(C(=O)Nc2nc(C3CC3)cs2)c1. The molecule has 0 atom stereocenters. The molecule has 1 aliphatic carbocycles. The number of aromatic nitrogens is 1. The van der Waals surface area contributed by atoms with Crippen molar-refractivity contribution in [2.45, 2.75) is 18.8 Å². The van der Waals surface area contributed by atoms with Crippen LogP contribution in [0.4, 0.5) is 5.13 Å². The lowest BCUT2D eigenvalue weighted by Crippen LogP contribution is -2.12. The maximum absolute atomic E-state index is 12.3. The number of carbonyl (C=O) groups excluding carboxylic acids is 1. The topological polar surface area (TPSA) is 51.2 Å². The van der Waals surface area contributed by atoms with Crippen LogP contribution >= 0.6 is 27.3 Å². The highest BCUT2D eigenvalue weighted by Crippen LogP contribution is 2.41. The molecule has 1 heterocycles. The van der Waals surface area contributed by atoms with Gasteiger partial charge in [0.05, 0.1) is 18.4 Å². The summed E-state index contributed by atoms with van der Waals surface area (Å²) in [5.41, 5.74) is 1.63. The minimum absolute atomic E-state index is 0.188. The Morgan fingerprint density at radius 1 is 1.50 bits per heavy atom. The molecule has 0 spiro atoms. The fraction of sp³-hybridized carbons (Fsp3) is 0.286. The lowest BCUT2D eigenvalue weighted by molar-refractivity contribution is 0.102. The summed E-state index contributed by atoms with van der Waals surface area (Å²) in [6.07, 6.45) is 2.41. The van der Waals surface area contributed by atoms with Crippen LogP contribution in [0.2, 0.25) is 0 Å². The van der Waals surface area contributed by atoms with Crippen molar-refractivity contribution < 1.29 is 9.53 Å². The van der Waals surface area contributed by atoms with Crippen LogP contribution in [-0.4, -0.2) is 18.0 Å². The molecule has 20 heavy (non-hydrogen) atoms. The molecule has 1 aromatic carbocycles.